The number of amides is 1. The number of phenolic OH excluding ortho intramolecular Hbond substituents is 1. The molecule has 0 aliphatic rings. The third kappa shape index (κ3) is 6.02. The molecular formula is C22H12Cl2N4O7. The summed E-state index contributed by atoms with van der Waals surface area (Å²) in [5, 5.41) is 43.2. The van der Waals surface area contributed by atoms with Crippen molar-refractivity contribution in [3.63, 3.8) is 0 Å². The van der Waals surface area contributed by atoms with Gasteiger partial charge in [0.1, 0.15) is 17.4 Å². The number of ether oxygens (including phenoxy) is 1. The van der Waals surface area contributed by atoms with Gasteiger partial charge < -0.3 is 15.2 Å². The van der Waals surface area contributed by atoms with E-state index in [9.17, 15) is 35.4 Å². The first-order chi connectivity index (χ1) is 16.6. The summed E-state index contributed by atoms with van der Waals surface area (Å²) in [7, 11) is 0. The van der Waals surface area contributed by atoms with Gasteiger partial charge in [-0.25, -0.2) is 0 Å². The molecule has 0 aliphatic carbocycles. The monoisotopic (exact) mass is 514 g/mol. The molecule has 176 valence electrons. The zero-order valence-electron chi connectivity index (χ0n) is 17.3. The fourth-order valence-electron chi connectivity index (χ4n) is 2.78. The molecule has 11 nitrogen and oxygen atoms in total. The minimum absolute atomic E-state index is 0.00435. The van der Waals surface area contributed by atoms with Gasteiger partial charge in [-0.3, -0.25) is 25.0 Å². The number of nitriles is 1. The molecule has 0 saturated carbocycles. The topological polar surface area (TPSA) is 169 Å². The number of hydrogen-bond donors (Lipinski definition) is 2. The summed E-state index contributed by atoms with van der Waals surface area (Å²) in [6, 6.07) is 12.8. The maximum atomic E-state index is 12.4. The van der Waals surface area contributed by atoms with Crippen molar-refractivity contribution in [3.8, 4) is 23.3 Å². The average molecular weight is 515 g/mol. The van der Waals surface area contributed by atoms with Crippen molar-refractivity contribution in [2.75, 3.05) is 5.32 Å². The second kappa shape index (κ2) is 10.5. The molecule has 1 amide bonds. The first-order valence-corrected chi connectivity index (χ1v) is 10.2. The van der Waals surface area contributed by atoms with Crippen LogP contribution in [0.1, 0.15) is 5.56 Å². The molecule has 0 saturated heterocycles. The van der Waals surface area contributed by atoms with Crippen molar-refractivity contribution in [2.45, 2.75) is 0 Å². The van der Waals surface area contributed by atoms with Crippen LogP contribution in [-0.4, -0.2) is 20.9 Å². The molecule has 0 unspecified atom stereocenters. The van der Waals surface area contributed by atoms with E-state index < -0.39 is 27.1 Å². The number of nitrogens with zero attached hydrogens (tertiary/aromatic N) is 3. The van der Waals surface area contributed by atoms with Crippen LogP contribution in [0.5, 0.6) is 17.2 Å². The molecule has 0 spiro atoms. The summed E-state index contributed by atoms with van der Waals surface area (Å²) < 4.78 is 5.48. The molecule has 3 aromatic rings. The number of halogens is 2. The number of nitrogens with one attached hydrogen (secondary N) is 1. The first-order valence-electron chi connectivity index (χ1n) is 9.41. The van der Waals surface area contributed by atoms with Gasteiger partial charge >= 0.3 is 5.69 Å². The number of nitro groups is 2. The highest BCUT2D eigenvalue weighted by Gasteiger charge is 2.23. The molecular weight excluding hydrogens is 503 g/mol. The minimum atomic E-state index is -0.854. The Morgan fingerprint density at radius 3 is 2.20 bits per heavy atom. The van der Waals surface area contributed by atoms with Crippen molar-refractivity contribution in [1.29, 1.82) is 5.26 Å². The quantitative estimate of drug-likeness (QED) is 0.130. The predicted molar refractivity (Wildman–Crippen MR) is 127 cm³/mol. The largest absolute Gasteiger partial charge is 0.508 e. The van der Waals surface area contributed by atoms with Gasteiger partial charge in [0.25, 0.3) is 11.6 Å². The van der Waals surface area contributed by atoms with Crippen LogP contribution in [-0.2, 0) is 4.79 Å². The number of phenols is 1. The third-order valence-corrected chi connectivity index (χ3v) is 4.95. The second-order valence-corrected chi connectivity index (χ2v) is 7.57. The Labute approximate surface area is 206 Å². The average Bonchev–Trinajstić information content (AvgIpc) is 2.81. The van der Waals surface area contributed by atoms with E-state index in [1.54, 1.807) is 6.07 Å². The van der Waals surface area contributed by atoms with E-state index in [0.29, 0.717) is 5.69 Å². The summed E-state index contributed by atoms with van der Waals surface area (Å²) >= 11 is 12.5. The van der Waals surface area contributed by atoms with E-state index in [-0.39, 0.29) is 38.4 Å². The van der Waals surface area contributed by atoms with Crippen molar-refractivity contribution >= 4 is 52.2 Å². The lowest BCUT2D eigenvalue weighted by Gasteiger charge is -2.11. The molecule has 0 heterocycles. The zero-order valence-corrected chi connectivity index (χ0v) is 18.8. The van der Waals surface area contributed by atoms with E-state index in [4.69, 9.17) is 27.9 Å². The fourth-order valence-corrected chi connectivity index (χ4v) is 3.36. The normalized spacial score (nSPS) is 10.8. The highest BCUT2D eigenvalue weighted by molar-refractivity contribution is 6.37. The van der Waals surface area contributed by atoms with Crippen LogP contribution in [0.3, 0.4) is 0 Å². The Kier molecular flexibility index (Phi) is 7.50. The van der Waals surface area contributed by atoms with E-state index in [2.05, 4.69) is 5.32 Å². The van der Waals surface area contributed by atoms with E-state index >= 15 is 0 Å². The zero-order chi connectivity index (χ0) is 25.7. The van der Waals surface area contributed by atoms with Gasteiger partial charge in [0.05, 0.1) is 26.0 Å². The smallest absolute Gasteiger partial charge is 0.318 e. The van der Waals surface area contributed by atoms with Crippen LogP contribution < -0.4 is 10.1 Å². The minimum Gasteiger partial charge on any atom is -0.508 e. The molecule has 3 rings (SSSR count). The molecule has 35 heavy (non-hydrogen) atoms. The molecule has 3 aromatic carbocycles. The van der Waals surface area contributed by atoms with Crippen molar-refractivity contribution < 1.29 is 24.5 Å². The third-order valence-electron chi connectivity index (χ3n) is 4.38. The van der Waals surface area contributed by atoms with Gasteiger partial charge in [0.2, 0.25) is 5.75 Å². The van der Waals surface area contributed by atoms with E-state index in [0.717, 1.165) is 18.2 Å². The van der Waals surface area contributed by atoms with Gasteiger partial charge in [-0.05, 0) is 54.1 Å². The van der Waals surface area contributed by atoms with Gasteiger partial charge in [-0.1, -0.05) is 23.2 Å². The lowest BCUT2D eigenvalue weighted by Crippen LogP contribution is -2.13. The van der Waals surface area contributed by atoms with Gasteiger partial charge in [0.15, 0.2) is 5.75 Å². The Morgan fingerprint density at radius 1 is 1.03 bits per heavy atom. The van der Waals surface area contributed by atoms with Gasteiger partial charge in [-0.15, -0.1) is 0 Å². The highest BCUT2D eigenvalue weighted by Crippen LogP contribution is 2.41. The van der Waals surface area contributed by atoms with Crippen molar-refractivity contribution in [1.82, 2.24) is 0 Å². The van der Waals surface area contributed by atoms with Gasteiger partial charge in [0, 0.05) is 11.8 Å². The molecule has 2 N–H and O–H groups in total. The van der Waals surface area contributed by atoms with E-state index in [1.807, 2.05) is 0 Å². The maximum absolute atomic E-state index is 12.4. The van der Waals surface area contributed by atoms with Crippen LogP contribution >= 0.6 is 23.2 Å². The van der Waals surface area contributed by atoms with Crippen LogP contribution in [0.15, 0.2) is 60.2 Å². The fraction of sp³-hybridized carbons (Fsp3) is 0. The summed E-state index contributed by atoms with van der Waals surface area (Å²) in [6.45, 7) is 0. The summed E-state index contributed by atoms with van der Waals surface area (Å²) in [4.78, 5) is 33.0. The number of hydrogen-bond acceptors (Lipinski definition) is 8. The molecule has 0 bridgehead atoms. The van der Waals surface area contributed by atoms with Crippen molar-refractivity contribution in [3.05, 3.63) is 96.0 Å². The Balaban J connectivity index is 1.89. The number of non-ortho nitro benzene ring substituents is 1. The first kappa shape index (κ1) is 25.0. The summed E-state index contributed by atoms with van der Waals surface area (Å²) in [6.07, 6.45) is 1.21. The molecule has 0 atom stereocenters. The van der Waals surface area contributed by atoms with Crippen LogP contribution in [0.4, 0.5) is 17.1 Å². The molecule has 0 aliphatic heterocycles. The number of nitro benzene ring substituents is 2. The Morgan fingerprint density at radius 2 is 1.66 bits per heavy atom. The molecule has 0 fully saturated rings. The second-order valence-electron chi connectivity index (χ2n) is 6.75. The molecule has 13 heteroatoms. The number of carbonyl (C=O) groups excluding carboxylic acids is 1. The SMILES string of the molecule is N#C/C(=C\c1cc(Cl)c(Oc2ccc([N+](=O)[O-])cc2[N+](=O)[O-])c(Cl)c1)C(=O)Nc1ccc(O)cc1. The number of aromatic hydroxyl groups is 1. The van der Waals surface area contributed by atoms with Crippen LogP contribution in [0, 0.1) is 31.6 Å². The lowest BCUT2D eigenvalue weighted by atomic mass is 10.1. The molecule has 0 aromatic heterocycles. The Bertz CT molecular complexity index is 1390. The highest BCUT2D eigenvalue weighted by atomic mass is 35.5. The van der Waals surface area contributed by atoms with Crippen LogP contribution in [0.2, 0.25) is 10.0 Å². The van der Waals surface area contributed by atoms with Gasteiger partial charge in [-0.2, -0.15) is 5.26 Å². The maximum Gasteiger partial charge on any atom is 0.318 e. The lowest BCUT2D eigenvalue weighted by molar-refractivity contribution is -0.394. The number of carbonyl (C=O) groups is 1. The number of benzene rings is 3. The van der Waals surface area contributed by atoms with Crippen molar-refractivity contribution in [2.24, 2.45) is 0 Å². The molecule has 0 radical (unpaired) electrons. The summed E-state index contributed by atoms with van der Waals surface area (Å²) in [5.41, 5.74) is -0.865. The van der Waals surface area contributed by atoms with E-state index in [1.165, 1.54) is 42.5 Å². The Hall–Kier alpha value is -4.66. The predicted octanol–water partition coefficient (Wildman–Crippen LogP) is 5.85. The van der Waals surface area contributed by atoms with Crippen LogP contribution in [0.25, 0.3) is 6.08 Å². The standard InChI is InChI=1S/C22H12Cl2N4O7/c23-17-8-12(7-13(11-25)22(30)26-14-1-4-16(29)5-2-14)9-18(24)21(17)35-20-6-3-15(27(31)32)10-19(20)28(33)34/h1-10,29H,(H,26,30)/b13-7+. The number of anilines is 1. The number of rotatable bonds is 7. The summed E-state index contributed by atoms with van der Waals surface area (Å²) in [5.74, 6) is -1.23.